The van der Waals surface area contributed by atoms with Gasteiger partial charge in [-0.25, -0.2) is 0 Å². The maximum absolute atomic E-state index is 12.4. The molecule has 0 unspecified atom stereocenters. The van der Waals surface area contributed by atoms with Crippen molar-refractivity contribution >= 4 is 23.4 Å². The first-order chi connectivity index (χ1) is 15.0. The van der Waals surface area contributed by atoms with E-state index in [0.29, 0.717) is 34.7 Å². The average Bonchev–Trinajstić information content (AvgIpc) is 2.78. The van der Waals surface area contributed by atoms with Crippen molar-refractivity contribution in [3.8, 4) is 5.75 Å². The SMILES string of the molecule is CCOc1ccccc1C(=O)NNC(=O)c1ccc(NC(=O)c2ccccc2C)cc1. The van der Waals surface area contributed by atoms with Gasteiger partial charge in [-0.3, -0.25) is 25.2 Å². The molecule has 3 rings (SSSR count). The first-order valence-electron chi connectivity index (χ1n) is 9.79. The quantitative estimate of drug-likeness (QED) is 0.533. The molecular weight excluding hydrogens is 394 g/mol. The van der Waals surface area contributed by atoms with Gasteiger partial charge in [-0.15, -0.1) is 0 Å². The van der Waals surface area contributed by atoms with Crippen molar-refractivity contribution in [2.24, 2.45) is 0 Å². The zero-order valence-corrected chi connectivity index (χ0v) is 17.3. The smallest absolute Gasteiger partial charge is 0.273 e. The normalized spacial score (nSPS) is 10.1. The predicted octanol–water partition coefficient (Wildman–Crippen LogP) is 3.72. The molecule has 0 saturated carbocycles. The average molecular weight is 417 g/mol. The van der Waals surface area contributed by atoms with Gasteiger partial charge in [0.25, 0.3) is 17.7 Å². The number of nitrogens with one attached hydrogen (secondary N) is 3. The van der Waals surface area contributed by atoms with Gasteiger partial charge in [-0.2, -0.15) is 0 Å². The van der Waals surface area contributed by atoms with Gasteiger partial charge in [-0.05, 0) is 61.9 Å². The Labute approximate surface area is 180 Å². The highest BCUT2D eigenvalue weighted by molar-refractivity contribution is 6.05. The van der Waals surface area contributed by atoms with E-state index in [1.807, 2.05) is 26.0 Å². The number of carbonyl (C=O) groups excluding carboxylic acids is 3. The number of rotatable bonds is 6. The summed E-state index contributed by atoms with van der Waals surface area (Å²) in [6.45, 7) is 4.11. The topological polar surface area (TPSA) is 96.5 Å². The lowest BCUT2D eigenvalue weighted by Gasteiger charge is -2.11. The first kappa shape index (κ1) is 21.6. The summed E-state index contributed by atoms with van der Waals surface area (Å²) in [7, 11) is 0. The van der Waals surface area contributed by atoms with Crippen molar-refractivity contribution in [2.75, 3.05) is 11.9 Å². The monoisotopic (exact) mass is 417 g/mol. The van der Waals surface area contributed by atoms with Crippen molar-refractivity contribution in [1.29, 1.82) is 0 Å². The molecule has 3 amide bonds. The molecule has 158 valence electrons. The molecule has 7 heteroatoms. The van der Waals surface area contributed by atoms with Gasteiger partial charge < -0.3 is 10.1 Å². The molecule has 0 heterocycles. The number of para-hydroxylation sites is 1. The maximum atomic E-state index is 12.4. The highest BCUT2D eigenvalue weighted by Crippen LogP contribution is 2.17. The second-order valence-corrected chi connectivity index (χ2v) is 6.68. The molecule has 3 N–H and O–H groups in total. The molecule has 7 nitrogen and oxygen atoms in total. The summed E-state index contributed by atoms with van der Waals surface area (Å²) in [6.07, 6.45) is 0. The molecule has 0 aliphatic heterocycles. The van der Waals surface area contributed by atoms with Gasteiger partial charge in [0.15, 0.2) is 0 Å². The van der Waals surface area contributed by atoms with Gasteiger partial charge in [0.1, 0.15) is 5.75 Å². The molecule has 0 bridgehead atoms. The molecule has 0 radical (unpaired) electrons. The Balaban J connectivity index is 1.59. The standard InChI is InChI=1S/C24H23N3O4/c1-3-31-21-11-7-6-10-20(21)24(30)27-26-22(28)17-12-14-18(15-13-17)25-23(29)19-9-5-4-8-16(19)2/h4-15H,3H2,1-2H3,(H,25,29)(H,26,28)(H,27,30). The van der Waals surface area contributed by atoms with Crippen LogP contribution in [0.1, 0.15) is 43.6 Å². The minimum Gasteiger partial charge on any atom is -0.493 e. The lowest BCUT2D eigenvalue weighted by atomic mass is 10.1. The zero-order chi connectivity index (χ0) is 22.2. The number of hydrogen-bond donors (Lipinski definition) is 3. The highest BCUT2D eigenvalue weighted by atomic mass is 16.5. The van der Waals surface area contributed by atoms with E-state index in [9.17, 15) is 14.4 Å². The van der Waals surface area contributed by atoms with Crippen molar-refractivity contribution in [1.82, 2.24) is 10.9 Å². The number of aryl methyl sites for hydroxylation is 1. The van der Waals surface area contributed by atoms with Crippen LogP contribution in [0.25, 0.3) is 0 Å². The van der Waals surface area contributed by atoms with Crippen LogP contribution < -0.4 is 20.9 Å². The van der Waals surface area contributed by atoms with Crippen molar-refractivity contribution in [3.63, 3.8) is 0 Å². The number of anilines is 1. The van der Waals surface area contributed by atoms with E-state index in [1.165, 1.54) is 0 Å². The summed E-state index contributed by atoms with van der Waals surface area (Å²) in [5.74, 6) is -0.764. The number of ether oxygens (including phenoxy) is 1. The van der Waals surface area contributed by atoms with Gasteiger partial charge >= 0.3 is 0 Å². The van der Waals surface area contributed by atoms with E-state index >= 15 is 0 Å². The Morgan fingerprint density at radius 3 is 2.03 bits per heavy atom. The number of hydrazine groups is 1. The van der Waals surface area contributed by atoms with E-state index in [-0.39, 0.29) is 5.91 Å². The Morgan fingerprint density at radius 1 is 0.742 bits per heavy atom. The Hall–Kier alpha value is -4.13. The summed E-state index contributed by atoms with van der Waals surface area (Å²) in [5, 5.41) is 2.80. The second-order valence-electron chi connectivity index (χ2n) is 6.68. The van der Waals surface area contributed by atoms with Gasteiger partial charge in [-0.1, -0.05) is 30.3 Å². The lowest BCUT2D eigenvalue weighted by molar-refractivity contribution is 0.0844. The zero-order valence-electron chi connectivity index (χ0n) is 17.3. The van der Waals surface area contributed by atoms with Crippen LogP contribution in [0.5, 0.6) is 5.75 Å². The van der Waals surface area contributed by atoms with E-state index in [1.54, 1.807) is 60.7 Å². The number of carbonyl (C=O) groups is 3. The summed E-state index contributed by atoms with van der Waals surface area (Å²) >= 11 is 0. The summed E-state index contributed by atoms with van der Waals surface area (Å²) in [6, 6.07) is 20.4. The van der Waals surface area contributed by atoms with Crippen LogP contribution >= 0.6 is 0 Å². The molecule has 0 fully saturated rings. The molecule has 0 saturated heterocycles. The van der Waals surface area contributed by atoms with Crippen LogP contribution in [0.4, 0.5) is 5.69 Å². The van der Waals surface area contributed by atoms with Crippen LogP contribution in [0.2, 0.25) is 0 Å². The van der Waals surface area contributed by atoms with Crippen molar-refractivity contribution < 1.29 is 19.1 Å². The Morgan fingerprint density at radius 2 is 1.35 bits per heavy atom. The second kappa shape index (κ2) is 10.1. The van der Waals surface area contributed by atoms with Crippen LogP contribution in [0.3, 0.4) is 0 Å². The van der Waals surface area contributed by atoms with E-state index in [4.69, 9.17) is 4.74 Å². The molecule has 0 aliphatic rings. The van der Waals surface area contributed by atoms with Gasteiger partial charge in [0.2, 0.25) is 0 Å². The molecule has 0 aliphatic carbocycles. The van der Waals surface area contributed by atoms with Crippen LogP contribution in [-0.4, -0.2) is 24.3 Å². The summed E-state index contributed by atoms with van der Waals surface area (Å²) in [4.78, 5) is 37.1. The largest absolute Gasteiger partial charge is 0.493 e. The number of hydrogen-bond acceptors (Lipinski definition) is 4. The lowest BCUT2D eigenvalue weighted by Crippen LogP contribution is -2.41. The number of benzene rings is 3. The van der Waals surface area contributed by atoms with Crippen molar-refractivity contribution in [3.05, 3.63) is 95.1 Å². The third-order valence-electron chi connectivity index (χ3n) is 4.52. The van der Waals surface area contributed by atoms with Crippen LogP contribution in [-0.2, 0) is 0 Å². The van der Waals surface area contributed by atoms with Gasteiger partial charge in [0, 0.05) is 16.8 Å². The third-order valence-corrected chi connectivity index (χ3v) is 4.52. The van der Waals surface area contributed by atoms with Crippen LogP contribution in [0, 0.1) is 6.92 Å². The minimum atomic E-state index is -0.487. The molecule has 0 aromatic heterocycles. The third kappa shape index (κ3) is 5.48. The van der Waals surface area contributed by atoms with E-state index in [2.05, 4.69) is 16.2 Å². The fraction of sp³-hybridized carbons (Fsp3) is 0.125. The minimum absolute atomic E-state index is 0.226. The van der Waals surface area contributed by atoms with E-state index < -0.39 is 11.8 Å². The molecule has 3 aromatic rings. The van der Waals surface area contributed by atoms with Crippen molar-refractivity contribution in [2.45, 2.75) is 13.8 Å². The molecule has 31 heavy (non-hydrogen) atoms. The fourth-order valence-electron chi connectivity index (χ4n) is 2.92. The molecule has 0 spiro atoms. The van der Waals surface area contributed by atoms with E-state index in [0.717, 1.165) is 5.56 Å². The first-order valence-corrected chi connectivity index (χ1v) is 9.79. The Bertz CT molecular complexity index is 1090. The molecule has 0 atom stereocenters. The summed E-state index contributed by atoms with van der Waals surface area (Å²) < 4.78 is 5.43. The highest BCUT2D eigenvalue weighted by Gasteiger charge is 2.14. The fourth-order valence-corrected chi connectivity index (χ4v) is 2.92. The number of amides is 3. The molecule has 3 aromatic carbocycles. The molecular formula is C24H23N3O4. The van der Waals surface area contributed by atoms with Crippen LogP contribution in [0.15, 0.2) is 72.8 Å². The predicted molar refractivity (Wildman–Crippen MR) is 118 cm³/mol. The maximum Gasteiger partial charge on any atom is 0.273 e. The van der Waals surface area contributed by atoms with Gasteiger partial charge in [0.05, 0.1) is 12.2 Å². The summed E-state index contributed by atoms with van der Waals surface area (Å²) in [5.41, 5.74) is 7.42. The Kier molecular flexibility index (Phi) is 7.01.